The summed E-state index contributed by atoms with van der Waals surface area (Å²) in [6, 6.07) is 22.9. The lowest BCUT2D eigenvalue weighted by Crippen LogP contribution is -1.99. The molecule has 0 saturated carbocycles. The van der Waals surface area contributed by atoms with E-state index in [1.807, 2.05) is 59.3 Å². The lowest BCUT2D eigenvalue weighted by Gasteiger charge is -2.12. The van der Waals surface area contributed by atoms with Gasteiger partial charge in [-0.3, -0.25) is 4.57 Å². The molecule has 0 unspecified atom stereocenters. The highest BCUT2D eigenvalue weighted by Crippen LogP contribution is 2.29. The number of oxime groups is 1. The maximum Gasteiger partial charge on any atom is 0.175 e. The van der Waals surface area contributed by atoms with Gasteiger partial charge in [0.05, 0.1) is 4.90 Å². The zero-order valence-electron chi connectivity index (χ0n) is 18.7. The Hall–Kier alpha value is -3.71. The highest BCUT2D eigenvalue weighted by atomic mass is 32.2. The molecule has 0 aliphatic heterocycles. The predicted octanol–water partition coefficient (Wildman–Crippen LogP) is 5.37. The number of aromatic nitrogens is 2. The molecule has 3 aromatic carbocycles. The Kier molecular flexibility index (Phi) is 6.16. The van der Waals surface area contributed by atoms with Crippen LogP contribution in [-0.2, 0) is 16.3 Å². The SMILES string of the molecule is CCc1ccccc1-c1nc(C(C)=NO)cn1-c1ccc(-c2cccc(S(C)(=O)=O)c2)cc1. The standard InChI is InChI=1S/C26H25N3O3S/c1-4-19-8-5-6-11-24(19)26-27-25(18(2)28-30)17-29(26)22-14-12-20(13-15-22)21-9-7-10-23(16-21)33(3,31)32/h5-17,30H,4H2,1-3H3. The van der Waals surface area contributed by atoms with Crippen LogP contribution < -0.4 is 0 Å². The highest BCUT2D eigenvalue weighted by Gasteiger charge is 2.16. The third kappa shape index (κ3) is 4.59. The first-order valence-electron chi connectivity index (χ1n) is 10.6. The monoisotopic (exact) mass is 459 g/mol. The fraction of sp³-hybridized carbons (Fsp3) is 0.154. The lowest BCUT2D eigenvalue weighted by molar-refractivity contribution is 0.319. The molecule has 4 rings (SSSR count). The van der Waals surface area contributed by atoms with Gasteiger partial charge in [-0.2, -0.15) is 0 Å². The van der Waals surface area contributed by atoms with Crippen LogP contribution in [-0.4, -0.2) is 35.1 Å². The molecule has 1 heterocycles. The van der Waals surface area contributed by atoms with Crippen LogP contribution in [0.15, 0.2) is 89.0 Å². The van der Waals surface area contributed by atoms with Gasteiger partial charge in [-0.15, -0.1) is 0 Å². The molecule has 6 nitrogen and oxygen atoms in total. The van der Waals surface area contributed by atoms with E-state index in [1.165, 1.54) is 11.8 Å². The van der Waals surface area contributed by atoms with Crippen molar-refractivity contribution in [1.29, 1.82) is 0 Å². The van der Waals surface area contributed by atoms with E-state index in [1.54, 1.807) is 25.1 Å². The highest BCUT2D eigenvalue weighted by molar-refractivity contribution is 7.90. The number of hydrogen-bond donors (Lipinski definition) is 1. The maximum absolute atomic E-state index is 11.9. The number of hydrogen-bond acceptors (Lipinski definition) is 5. The van der Waals surface area contributed by atoms with Crippen molar-refractivity contribution in [3.05, 3.63) is 90.3 Å². The number of imidazole rings is 1. The van der Waals surface area contributed by atoms with Gasteiger partial charge in [0, 0.05) is 23.7 Å². The van der Waals surface area contributed by atoms with E-state index in [0.29, 0.717) is 16.3 Å². The first-order chi connectivity index (χ1) is 15.8. The molecule has 7 heteroatoms. The maximum atomic E-state index is 11.9. The summed E-state index contributed by atoms with van der Waals surface area (Å²) in [6.07, 6.45) is 3.93. The molecule has 0 amide bonds. The van der Waals surface area contributed by atoms with Gasteiger partial charge in [0.1, 0.15) is 17.2 Å². The third-order valence-corrected chi connectivity index (χ3v) is 6.72. The second-order valence-electron chi connectivity index (χ2n) is 7.86. The van der Waals surface area contributed by atoms with Crippen molar-refractivity contribution in [3.8, 4) is 28.2 Å². The third-order valence-electron chi connectivity index (χ3n) is 5.61. The van der Waals surface area contributed by atoms with E-state index in [2.05, 4.69) is 18.1 Å². The average molecular weight is 460 g/mol. The summed E-state index contributed by atoms with van der Waals surface area (Å²) in [5.74, 6) is 0.761. The summed E-state index contributed by atoms with van der Waals surface area (Å²) in [6.45, 7) is 3.81. The minimum atomic E-state index is -3.28. The van der Waals surface area contributed by atoms with Gasteiger partial charge in [-0.25, -0.2) is 13.4 Å². The van der Waals surface area contributed by atoms with Crippen LogP contribution in [0.2, 0.25) is 0 Å². The van der Waals surface area contributed by atoms with E-state index in [4.69, 9.17) is 4.98 Å². The average Bonchev–Trinajstić information content (AvgIpc) is 3.28. The van der Waals surface area contributed by atoms with E-state index < -0.39 is 9.84 Å². The second-order valence-corrected chi connectivity index (χ2v) is 9.88. The topological polar surface area (TPSA) is 84.6 Å². The molecule has 0 saturated heterocycles. The van der Waals surface area contributed by atoms with Crippen LogP contribution >= 0.6 is 0 Å². The summed E-state index contributed by atoms with van der Waals surface area (Å²) in [7, 11) is -3.28. The van der Waals surface area contributed by atoms with Gasteiger partial charge < -0.3 is 5.21 Å². The molecular weight excluding hydrogens is 434 g/mol. The van der Waals surface area contributed by atoms with Crippen LogP contribution in [0, 0.1) is 0 Å². The van der Waals surface area contributed by atoms with Crippen LogP contribution in [0.5, 0.6) is 0 Å². The van der Waals surface area contributed by atoms with Crippen LogP contribution in [0.3, 0.4) is 0 Å². The number of aryl methyl sites for hydroxylation is 1. The Bertz CT molecular complexity index is 1440. The molecule has 0 bridgehead atoms. The normalized spacial score (nSPS) is 12.2. The van der Waals surface area contributed by atoms with E-state index in [0.717, 1.165) is 34.6 Å². The predicted molar refractivity (Wildman–Crippen MR) is 131 cm³/mol. The van der Waals surface area contributed by atoms with Gasteiger partial charge >= 0.3 is 0 Å². The molecular formula is C26H25N3O3S. The molecule has 1 aromatic heterocycles. The van der Waals surface area contributed by atoms with E-state index in [9.17, 15) is 13.6 Å². The molecule has 4 aromatic rings. The van der Waals surface area contributed by atoms with Crippen molar-refractivity contribution in [2.75, 3.05) is 6.26 Å². The van der Waals surface area contributed by atoms with E-state index >= 15 is 0 Å². The molecule has 0 radical (unpaired) electrons. The van der Waals surface area contributed by atoms with Crippen molar-refractivity contribution < 1.29 is 13.6 Å². The summed E-state index contributed by atoms with van der Waals surface area (Å²) >= 11 is 0. The number of benzene rings is 3. The van der Waals surface area contributed by atoms with Crippen molar-refractivity contribution in [1.82, 2.24) is 9.55 Å². The van der Waals surface area contributed by atoms with Crippen molar-refractivity contribution in [3.63, 3.8) is 0 Å². The number of sulfone groups is 1. The van der Waals surface area contributed by atoms with Crippen molar-refractivity contribution in [2.24, 2.45) is 5.16 Å². The Morgan fingerprint density at radius 3 is 2.39 bits per heavy atom. The van der Waals surface area contributed by atoms with E-state index in [-0.39, 0.29) is 0 Å². The molecule has 0 fully saturated rings. The fourth-order valence-corrected chi connectivity index (χ4v) is 4.43. The first-order valence-corrected chi connectivity index (χ1v) is 12.5. The molecule has 0 aliphatic rings. The number of nitrogens with zero attached hydrogens (tertiary/aromatic N) is 3. The minimum absolute atomic E-state index is 0.292. The quantitative estimate of drug-likeness (QED) is 0.239. The molecule has 168 valence electrons. The Morgan fingerprint density at radius 2 is 1.73 bits per heavy atom. The van der Waals surface area contributed by atoms with Gasteiger partial charge in [-0.05, 0) is 54.3 Å². The zero-order chi connectivity index (χ0) is 23.6. The summed E-state index contributed by atoms with van der Waals surface area (Å²) in [5, 5.41) is 12.6. The molecule has 1 N–H and O–H groups in total. The molecule has 0 atom stereocenters. The summed E-state index contributed by atoms with van der Waals surface area (Å²) in [5.41, 5.74) is 5.83. The van der Waals surface area contributed by atoms with Crippen LogP contribution in [0.4, 0.5) is 0 Å². The lowest BCUT2D eigenvalue weighted by atomic mass is 10.0. The summed E-state index contributed by atoms with van der Waals surface area (Å²) in [4.78, 5) is 5.05. The van der Waals surface area contributed by atoms with Crippen molar-refractivity contribution >= 4 is 15.5 Å². The van der Waals surface area contributed by atoms with Crippen LogP contribution in [0.25, 0.3) is 28.2 Å². The smallest absolute Gasteiger partial charge is 0.175 e. The Balaban J connectivity index is 1.81. The summed E-state index contributed by atoms with van der Waals surface area (Å²) < 4.78 is 25.8. The van der Waals surface area contributed by atoms with Crippen LogP contribution in [0.1, 0.15) is 25.1 Å². The van der Waals surface area contributed by atoms with Gasteiger partial charge in [0.15, 0.2) is 9.84 Å². The second kappa shape index (κ2) is 9.03. The Labute approximate surface area is 193 Å². The minimum Gasteiger partial charge on any atom is -0.411 e. The van der Waals surface area contributed by atoms with Gasteiger partial charge in [0.25, 0.3) is 0 Å². The van der Waals surface area contributed by atoms with Gasteiger partial charge in [-0.1, -0.05) is 60.6 Å². The molecule has 33 heavy (non-hydrogen) atoms. The Morgan fingerprint density at radius 1 is 1.00 bits per heavy atom. The molecule has 0 aliphatic carbocycles. The number of rotatable bonds is 6. The molecule has 0 spiro atoms. The van der Waals surface area contributed by atoms with Gasteiger partial charge in [0.2, 0.25) is 0 Å². The largest absolute Gasteiger partial charge is 0.411 e. The zero-order valence-corrected chi connectivity index (χ0v) is 19.5. The fourth-order valence-electron chi connectivity index (χ4n) is 3.76. The first kappa shape index (κ1) is 22.5. The van der Waals surface area contributed by atoms with Crippen molar-refractivity contribution in [2.45, 2.75) is 25.2 Å².